The topological polar surface area (TPSA) is 70.7 Å². The van der Waals surface area contributed by atoms with E-state index in [0.29, 0.717) is 12.6 Å². The molecule has 2 N–H and O–H groups in total. The Hall–Kier alpha value is -1.79. The SMILES string of the molecule is COc1ccc(N2CC(C(=O)NC3CCNC(C)C3)CC2=O)cc1.Cl. The fraction of sp³-hybridized carbons (Fsp3) is 0.556. The maximum Gasteiger partial charge on any atom is 0.227 e. The molecule has 0 radical (unpaired) electrons. The van der Waals surface area contributed by atoms with Gasteiger partial charge in [0.05, 0.1) is 13.0 Å². The second-order valence-electron chi connectivity index (χ2n) is 6.69. The van der Waals surface area contributed by atoms with Crippen molar-refractivity contribution < 1.29 is 14.3 Å². The minimum Gasteiger partial charge on any atom is -0.497 e. The molecule has 2 saturated heterocycles. The van der Waals surface area contributed by atoms with Gasteiger partial charge >= 0.3 is 0 Å². The summed E-state index contributed by atoms with van der Waals surface area (Å²) in [5, 5.41) is 6.50. The average Bonchev–Trinajstić information content (AvgIpc) is 2.97. The fourth-order valence-corrected chi connectivity index (χ4v) is 3.48. The van der Waals surface area contributed by atoms with Crippen molar-refractivity contribution in [1.29, 1.82) is 0 Å². The zero-order valence-electron chi connectivity index (χ0n) is 14.7. The fourth-order valence-electron chi connectivity index (χ4n) is 3.48. The van der Waals surface area contributed by atoms with E-state index in [9.17, 15) is 9.59 Å². The first-order valence-electron chi connectivity index (χ1n) is 8.55. The molecule has 0 aliphatic carbocycles. The van der Waals surface area contributed by atoms with E-state index in [0.717, 1.165) is 30.8 Å². The molecule has 2 heterocycles. The zero-order chi connectivity index (χ0) is 17.1. The van der Waals surface area contributed by atoms with Gasteiger partial charge < -0.3 is 20.3 Å². The quantitative estimate of drug-likeness (QED) is 0.850. The molecule has 1 aromatic rings. The third kappa shape index (κ3) is 4.64. The Balaban J connectivity index is 0.00000225. The third-order valence-corrected chi connectivity index (χ3v) is 4.85. The lowest BCUT2D eigenvalue weighted by Crippen LogP contribution is -2.48. The minimum atomic E-state index is -0.273. The van der Waals surface area contributed by atoms with Crippen LogP contribution in [0, 0.1) is 5.92 Å². The number of ether oxygens (including phenoxy) is 1. The number of nitrogens with one attached hydrogen (secondary N) is 2. The van der Waals surface area contributed by atoms with Crippen molar-refractivity contribution in [3.63, 3.8) is 0 Å². The Morgan fingerprint density at radius 3 is 2.68 bits per heavy atom. The number of halogens is 1. The monoisotopic (exact) mass is 367 g/mol. The molecule has 6 nitrogen and oxygen atoms in total. The van der Waals surface area contributed by atoms with Crippen LogP contribution in [0.4, 0.5) is 5.69 Å². The normalized spacial score (nSPS) is 26.1. The summed E-state index contributed by atoms with van der Waals surface area (Å²) in [5.41, 5.74) is 0.812. The number of amides is 2. The lowest BCUT2D eigenvalue weighted by Gasteiger charge is -2.29. The summed E-state index contributed by atoms with van der Waals surface area (Å²) in [6.07, 6.45) is 2.16. The molecule has 0 bridgehead atoms. The minimum absolute atomic E-state index is 0. The highest BCUT2D eigenvalue weighted by atomic mass is 35.5. The Morgan fingerprint density at radius 2 is 2.04 bits per heavy atom. The van der Waals surface area contributed by atoms with E-state index >= 15 is 0 Å². The maximum absolute atomic E-state index is 12.5. The zero-order valence-corrected chi connectivity index (χ0v) is 15.5. The number of carbonyl (C=O) groups is 2. The van der Waals surface area contributed by atoms with E-state index in [-0.39, 0.29) is 42.6 Å². The predicted molar refractivity (Wildman–Crippen MR) is 99.3 cm³/mol. The van der Waals surface area contributed by atoms with Crippen LogP contribution in [0.15, 0.2) is 24.3 Å². The van der Waals surface area contributed by atoms with Crippen LogP contribution in [-0.4, -0.2) is 44.1 Å². The van der Waals surface area contributed by atoms with Crippen molar-refractivity contribution in [1.82, 2.24) is 10.6 Å². The lowest BCUT2D eigenvalue weighted by atomic mass is 9.99. The summed E-state index contributed by atoms with van der Waals surface area (Å²) in [5.74, 6) is 0.474. The van der Waals surface area contributed by atoms with Gasteiger partial charge in [0.1, 0.15) is 5.75 Å². The Kier molecular flexibility index (Phi) is 6.67. The molecule has 7 heteroatoms. The third-order valence-electron chi connectivity index (χ3n) is 4.85. The molecule has 138 valence electrons. The van der Waals surface area contributed by atoms with Gasteiger partial charge in [0.25, 0.3) is 0 Å². The molecule has 1 aromatic carbocycles. The van der Waals surface area contributed by atoms with Crippen LogP contribution < -0.4 is 20.3 Å². The van der Waals surface area contributed by atoms with Crippen molar-refractivity contribution in [2.45, 2.75) is 38.3 Å². The van der Waals surface area contributed by atoms with E-state index in [1.807, 2.05) is 24.3 Å². The first kappa shape index (κ1) is 19.5. The number of hydrogen-bond acceptors (Lipinski definition) is 4. The van der Waals surface area contributed by atoms with Crippen LogP contribution in [0.5, 0.6) is 5.75 Å². The Labute approximate surface area is 154 Å². The number of methoxy groups -OCH3 is 1. The van der Waals surface area contributed by atoms with Crippen LogP contribution in [0.3, 0.4) is 0 Å². The Morgan fingerprint density at radius 1 is 1.32 bits per heavy atom. The Bertz CT molecular complexity index is 608. The molecule has 2 aliphatic rings. The number of rotatable bonds is 4. The molecular weight excluding hydrogens is 342 g/mol. The van der Waals surface area contributed by atoms with Gasteiger partial charge in [0.15, 0.2) is 0 Å². The average molecular weight is 368 g/mol. The van der Waals surface area contributed by atoms with Crippen molar-refractivity contribution >= 4 is 29.9 Å². The molecule has 0 spiro atoms. The summed E-state index contributed by atoms with van der Waals surface area (Å²) < 4.78 is 5.14. The molecule has 25 heavy (non-hydrogen) atoms. The van der Waals surface area contributed by atoms with E-state index in [1.54, 1.807) is 12.0 Å². The highest BCUT2D eigenvalue weighted by Crippen LogP contribution is 2.27. The first-order valence-corrected chi connectivity index (χ1v) is 8.55. The van der Waals surface area contributed by atoms with Gasteiger partial charge in [-0.1, -0.05) is 0 Å². The van der Waals surface area contributed by atoms with Gasteiger partial charge in [-0.3, -0.25) is 9.59 Å². The number of carbonyl (C=O) groups excluding carboxylic acids is 2. The summed E-state index contributed by atoms with van der Waals surface area (Å²) in [6, 6.07) is 7.99. The van der Waals surface area contributed by atoms with Crippen LogP contribution in [0.25, 0.3) is 0 Å². The second-order valence-corrected chi connectivity index (χ2v) is 6.69. The van der Waals surface area contributed by atoms with Crippen LogP contribution in [-0.2, 0) is 9.59 Å². The van der Waals surface area contributed by atoms with E-state index in [2.05, 4.69) is 17.6 Å². The first-order chi connectivity index (χ1) is 11.6. The van der Waals surface area contributed by atoms with Gasteiger partial charge in [0.2, 0.25) is 11.8 Å². The van der Waals surface area contributed by atoms with E-state index in [4.69, 9.17) is 4.74 Å². The van der Waals surface area contributed by atoms with E-state index < -0.39 is 0 Å². The molecule has 0 saturated carbocycles. The van der Waals surface area contributed by atoms with Crippen molar-refractivity contribution in [3.05, 3.63) is 24.3 Å². The summed E-state index contributed by atoms with van der Waals surface area (Å²) >= 11 is 0. The molecule has 3 unspecified atom stereocenters. The van der Waals surface area contributed by atoms with Crippen LogP contribution in [0.1, 0.15) is 26.2 Å². The van der Waals surface area contributed by atoms with Crippen LogP contribution in [0.2, 0.25) is 0 Å². The van der Waals surface area contributed by atoms with Crippen molar-refractivity contribution in [2.24, 2.45) is 5.92 Å². The number of benzene rings is 1. The summed E-state index contributed by atoms with van der Waals surface area (Å²) in [4.78, 5) is 26.5. The van der Waals surface area contributed by atoms with Crippen molar-refractivity contribution in [2.75, 3.05) is 25.1 Å². The van der Waals surface area contributed by atoms with Gasteiger partial charge in [-0.25, -0.2) is 0 Å². The maximum atomic E-state index is 12.5. The predicted octanol–water partition coefficient (Wildman–Crippen LogP) is 1.73. The standard InChI is InChI=1S/C18H25N3O3.ClH/c1-12-9-14(7-8-19-12)20-18(23)13-10-17(22)21(11-13)15-3-5-16(24-2)6-4-15;/h3-6,12-14,19H,7-11H2,1-2H3,(H,20,23);1H. The number of anilines is 1. The smallest absolute Gasteiger partial charge is 0.227 e. The highest BCUT2D eigenvalue weighted by molar-refractivity contribution is 6.00. The number of piperidine rings is 1. The molecule has 2 aliphatic heterocycles. The van der Waals surface area contributed by atoms with Gasteiger partial charge in [-0.05, 0) is 50.6 Å². The highest BCUT2D eigenvalue weighted by Gasteiger charge is 2.36. The molecule has 3 atom stereocenters. The number of nitrogens with zero attached hydrogens (tertiary/aromatic N) is 1. The molecule has 0 aromatic heterocycles. The molecule has 2 fully saturated rings. The summed E-state index contributed by atoms with van der Waals surface area (Å²) in [6.45, 7) is 3.49. The van der Waals surface area contributed by atoms with Crippen LogP contribution >= 0.6 is 12.4 Å². The molecule has 3 rings (SSSR count). The summed E-state index contributed by atoms with van der Waals surface area (Å²) in [7, 11) is 1.61. The van der Waals surface area contributed by atoms with Crippen molar-refractivity contribution in [3.8, 4) is 5.75 Å². The molecule has 2 amide bonds. The second kappa shape index (κ2) is 8.54. The van der Waals surface area contributed by atoms with Gasteiger partial charge in [-0.2, -0.15) is 0 Å². The van der Waals surface area contributed by atoms with Gasteiger partial charge in [0, 0.05) is 30.7 Å². The lowest BCUT2D eigenvalue weighted by molar-refractivity contribution is -0.127. The number of hydrogen-bond donors (Lipinski definition) is 2. The van der Waals surface area contributed by atoms with E-state index in [1.165, 1.54) is 0 Å². The largest absolute Gasteiger partial charge is 0.497 e. The molecular formula is C18H26ClN3O3. The van der Waals surface area contributed by atoms with Gasteiger partial charge in [-0.15, -0.1) is 12.4 Å².